The highest BCUT2D eigenvalue weighted by molar-refractivity contribution is 5.97. The van der Waals surface area contributed by atoms with Gasteiger partial charge in [-0.05, 0) is 42.8 Å². The molecule has 0 radical (unpaired) electrons. The summed E-state index contributed by atoms with van der Waals surface area (Å²) in [7, 11) is 1.39. The molecular formula is C21H19F3N2O3. The molecule has 0 saturated heterocycles. The molecule has 1 aromatic heterocycles. The Morgan fingerprint density at radius 2 is 1.83 bits per heavy atom. The van der Waals surface area contributed by atoms with E-state index >= 15 is 4.39 Å². The summed E-state index contributed by atoms with van der Waals surface area (Å²) in [6.07, 6.45) is 0.585. The van der Waals surface area contributed by atoms with Gasteiger partial charge in [0.15, 0.2) is 5.82 Å². The van der Waals surface area contributed by atoms with Crippen molar-refractivity contribution >= 4 is 5.97 Å². The summed E-state index contributed by atoms with van der Waals surface area (Å²) in [6, 6.07) is 8.91. The minimum Gasteiger partial charge on any atom is -0.462 e. The molecule has 5 nitrogen and oxygen atoms in total. The molecule has 152 valence electrons. The number of methoxy groups -OCH3 is 1. The molecular weight excluding hydrogens is 385 g/mol. The minimum absolute atomic E-state index is 0.0158. The topological polar surface area (TPSA) is 53.3 Å². The summed E-state index contributed by atoms with van der Waals surface area (Å²) < 4.78 is 54.7. The van der Waals surface area contributed by atoms with Gasteiger partial charge in [-0.15, -0.1) is 0 Å². The van der Waals surface area contributed by atoms with Gasteiger partial charge in [0, 0.05) is 12.7 Å². The number of carbonyl (C=O) groups excluding carboxylic acids is 1. The van der Waals surface area contributed by atoms with E-state index in [-0.39, 0.29) is 35.9 Å². The maximum atomic E-state index is 15.4. The van der Waals surface area contributed by atoms with Gasteiger partial charge in [0.25, 0.3) is 0 Å². The monoisotopic (exact) mass is 404 g/mol. The molecule has 0 spiro atoms. The number of halogens is 3. The molecule has 0 fully saturated rings. The van der Waals surface area contributed by atoms with Crippen LogP contribution in [-0.2, 0) is 16.2 Å². The van der Waals surface area contributed by atoms with Gasteiger partial charge in [0.05, 0.1) is 17.7 Å². The number of benzene rings is 2. The molecule has 0 unspecified atom stereocenters. The lowest BCUT2D eigenvalue weighted by molar-refractivity contribution is 0.0505. The van der Waals surface area contributed by atoms with Gasteiger partial charge in [-0.3, -0.25) is 0 Å². The van der Waals surface area contributed by atoms with Crippen LogP contribution in [0.4, 0.5) is 13.2 Å². The third kappa shape index (κ3) is 4.17. The van der Waals surface area contributed by atoms with Crippen LogP contribution in [0.25, 0.3) is 22.5 Å². The Bertz CT molecular complexity index is 1020. The highest BCUT2D eigenvalue weighted by Gasteiger charge is 2.27. The summed E-state index contributed by atoms with van der Waals surface area (Å²) in [5, 5.41) is 4.13. The van der Waals surface area contributed by atoms with Crippen LogP contribution in [0, 0.1) is 17.5 Å². The Morgan fingerprint density at radius 1 is 1.10 bits per heavy atom. The molecule has 8 heteroatoms. The molecule has 29 heavy (non-hydrogen) atoms. The fourth-order valence-corrected chi connectivity index (χ4v) is 2.91. The molecule has 0 N–H and O–H groups in total. The van der Waals surface area contributed by atoms with Gasteiger partial charge in [0.1, 0.15) is 29.8 Å². The van der Waals surface area contributed by atoms with Crippen molar-refractivity contribution in [2.45, 2.75) is 20.1 Å². The van der Waals surface area contributed by atoms with Crippen molar-refractivity contribution in [3.8, 4) is 22.5 Å². The number of hydrogen-bond acceptors (Lipinski definition) is 4. The predicted molar refractivity (Wildman–Crippen MR) is 101 cm³/mol. The fourth-order valence-electron chi connectivity index (χ4n) is 2.91. The van der Waals surface area contributed by atoms with E-state index in [1.807, 2.05) is 6.92 Å². The highest BCUT2D eigenvalue weighted by atomic mass is 19.1. The fraction of sp³-hybridized carbons (Fsp3) is 0.238. The van der Waals surface area contributed by atoms with Crippen LogP contribution in [0.5, 0.6) is 0 Å². The first kappa shape index (κ1) is 20.6. The van der Waals surface area contributed by atoms with Crippen LogP contribution in [0.15, 0.2) is 42.5 Å². The quantitative estimate of drug-likeness (QED) is 0.531. The second kappa shape index (κ2) is 8.91. The average molecular weight is 404 g/mol. The van der Waals surface area contributed by atoms with E-state index in [4.69, 9.17) is 9.47 Å². The maximum absolute atomic E-state index is 15.4. The molecule has 0 amide bonds. The molecule has 3 rings (SSSR count). The Hall–Kier alpha value is -3.13. The summed E-state index contributed by atoms with van der Waals surface area (Å²) in [5.41, 5.74) is -0.485. The van der Waals surface area contributed by atoms with Crippen molar-refractivity contribution in [2.75, 3.05) is 13.7 Å². The van der Waals surface area contributed by atoms with E-state index in [0.717, 1.165) is 6.07 Å². The maximum Gasteiger partial charge on any atom is 0.338 e. The van der Waals surface area contributed by atoms with E-state index in [1.54, 1.807) is 0 Å². The lowest BCUT2D eigenvalue weighted by Gasteiger charge is -2.08. The number of carbonyl (C=O) groups is 1. The summed E-state index contributed by atoms with van der Waals surface area (Å²) >= 11 is 0. The van der Waals surface area contributed by atoms with Crippen LogP contribution in [0.1, 0.15) is 23.7 Å². The molecule has 0 bridgehead atoms. The molecule has 0 atom stereocenters. The van der Waals surface area contributed by atoms with E-state index in [9.17, 15) is 13.6 Å². The Kier molecular flexibility index (Phi) is 6.33. The van der Waals surface area contributed by atoms with Crippen molar-refractivity contribution in [3.05, 3.63) is 65.5 Å². The molecule has 0 aliphatic rings. The highest BCUT2D eigenvalue weighted by Crippen LogP contribution is 2.34. The molecule has 2 aromatic carbocycles. The van der Waals surface area contributed by atoms with Crippen molar-refractivity contribution in [3.63, 3.8) is 0 Å². The summed E-state index contributed by atoms with van der Waals surface area (Å²) in [4.78, 5) is 12.4. The number of esters is 1. The third-order valence-corrected chi connectivity index (χ3v) is 4.17. The van der Waals surface area contributed by atoms with Crippen LogP contribution in [-0.4, -0.2) is 29.5 Å². The van der Waals surface area contributed by atoms with Gasteiger partial charge in [-0.2, -0.15) is 5.10 Å². The summed E-state index contributed by atoms with van der Waals surface area (Å²) in [6.45, 7) is 1.84. The van der Waals surface area contributed by atoms with E-state index in [1.165, 1.54) is 48.2 Å². The Morgan fingerprint density at radius 3 is 2.48 bits per heavy atom. The third-order valence-electron chi connectivity index (χ3n) is 4.17. The van der Waals surface area contributed by atoms with Crippen molar-refractivity contribution in [1.82, 2.24) is 9.78 Å². The normalized spacial score (nSPS) is 10.9. The van der Waals surface area contributed by atoms with Crippen LogP contribution in [0.3, 0.4) is 0 Å². The second-order valence-electron chi connectivity index (χ2n) is 6.23. The second-order valence-corrected chi connectivity index (χ2v) is 6.23. The van der Waals surface area contributed by atoms with Crippen molar-refractivity contribution in [1.29, 1.82) is 0 Å². The first-order valence-electron chi connectivity index (χ1n) is 8.95. The molecule has 1 heterocycles. The van der Waals surface area contributed by atoms with Gasteiger partial charge in [-0.25, -0.2) is 22.6 Å². The van der Waals surface area contributed by atoms with Crippen molar-refractivity contribution in [2.24, 2.45) is 0 Å². The number of aromatic nitrogens is 2. The number of nitrogens with zero attached hydrogens (tertiary/aromatic N) is 2. The van der Waals surface area contributed by atoms with E-state index in [0.29, 0.717) is 12.0 Å². The van der Waals surface area contributed by atoms with Gasteiger partial charge >= 0.3 is 5.97 Å². The first-order valence-corrected chi connectivity index (χ1v) is 8.95. The number of ether oxygens (including phenoxy) is 2. The minimum atomic E-state index is -0.858. The number of hydrogen-bond donors (Lipinski definition) is 0. The standard InChI is InChI=1S/C21H19F3N2O3/c1-3-11-29-21(27)15-5-4-6-16(23)17(15)19-18(24)20(26(25-19)12-28-2)13-7-9-14(22)10-8-13/h4-10H,3,11-12H2,1-2H3. The predicted octanol–water partition coefficient (Wildman–Crippen LogP) is 4.81. The largest absolute Gasteiger partial charge is 0.462 e. The zero-order chi connectivity index (χ0) is 21.0. The van der Waals surface area contributed by atoms with E-state index in [2.05, 4.69) is 5.10 Å². The lowest BCUT2D eigenvalue weighted by atomic mass is 10.0. The Balaban J connectivity index is 2.19. The lowest BCUT2D eigenvalue weighted by Crippen LogP contribution is -2.09. The SMILES string of the molecule is CCCOC(=O)c1cccc(F)c1-c1nn(COC)c(-c2ccc(F)cc2)c1F. The van der Waals surface area contributed by atoms with Crippen LogP contribution >= 0.6 is 0 Å². The average Bonchev–Trinajstić information content (AvgIpc) is 3.02. The van der Waals surface area contributed by atoms with E-state index < -0.39 is 23.4 Å². The first-order chi connectivity index (χ1) is 14.0. The molecule has 0 aliphatic carbocycles. The summed E-state index contributed by atoms with van der Waals surface area (Å²) in [5.74, 6) is -2.93. The van der Waals surface area contributed by atoms with Gasteiger partial charge in [-0.1, -0.05) is 13.0 Å². The molecule has 0 saturated carbocycles. The van der Waals surface area contributed by atoms with Gasteiger partial charge in [0.2, 0.25) is 0 Å². The molecule has 3 aromatic rings. The zero-order valence-corrected chi connectivity index (χ0v) is 15.9. The number of rotatable bonds is 7. The van der Waals surface area contributed by atoms with Crippen LogP contribution < -0.4 is 0 Å². The smallest absolute Gasteiger partial charge is 0.338 e. The molecule has 0 aliphatic heterocycles. The van der Waals surface area contributed by atoms with Crippen LogP contribution in [0.2, 0.25) is 0 Å². The Labute approximate surface area is 165 Å². The zero-order valence-electron chi connectivity index (χ0n) is 15.9. The van der Waals surface area contributed by atoms with Crippen molar-refractivity contribution < 1.29 is 27.4 Å². The van der Waals surface area contributed by atoms with Gasteiger partial charge < -0.3 is 9.47 Å².